The Morgan fingerprint density at radius 2 is 1.87 bits per heavy atom. The summed E-state index contributed by atoms with van der Waals surface area (Å²) in [5.74, 6) is 0.125. The molecule has 9 nitrogen and oxygen atoms in total. The summed E-state index contributed by atoms with van der Waals surface area (Å²) in [5.41, 5.74) is 0.543. The van der Waals surface area contributed by atoms with Crippen molar-refractivity contribution in [1.29, 1.82) is 0 Å². The highest BCUT2D eigenvalue weighted by atomic mass is 32.2. The minimum Gasteiger partial charge on any atom is -0.495 e. The first kappa shape index (κ1) is 24.6. The maximum Gasteiger partial charge on any atom is 0.271 e. The molecule has 10 heteroatoms. The number of nitro groups is 1. The Balaban J connectivity index is 2.49. The predicted octanol–water partition coefficient (Wildman–Crippen LogP) is 3.28. The zero-order chi connectivity index (χ0) is 23.0. The molecule has 0 radical (unpaired) electrons. The number of aliphatic hydroxyl groups excluding tert-OH is 1. The minimum atomic E-state index is -4.16. The van der Waals surface area contributed by atoms with Crippen LogP contribution in [0.25, 0.3) is 0 Å². The highest BCUT2D eigenvalue weighted by molar-refractivity contribution is 7.92. The van der Waals surface area contributed by atoms with Crippen LogP contribution in [0.4, 0.5) is 11.4 Å². The number of ether oxygens (including phenoxy) is 2. The first-order chi connectivity index (χ1) is 14.7. The molecular weight excluding hydrogens is 424 g/mol. The maximum atomic E-state index is 13.5. The summed E-state index contributed by atoms with van der Waals surface area (Å²) in [6.07, 6.45) is 0.590. The average molecular weight is 453 g/mol. The number of nitrogens with zero attached hydrogens (tertiary/aromatic N) is 2. The lowest BCUT2D eigenvalue weighted by Crippen LogP contribution is -2.39. The van der Waals surface area contributed by atoms with E-state index in [4.69, 9.17) is 9.47 Å². The first-order valence-electron chi connectivity index (χ1n) is 9.88. The number of non-ortho nitro benzene ring substituents is 1. The molecule has 0 aromatic heterocycles. The summed E-state index contributed by atoms with van der Waals surface area (Å²) >= 11 is 0. The molecule has 0 aliphatic carbocycles. The van der Waals surface area contributed by atoms with E-state index < -0.39 is 21.1 Å². The van der Waals surface area contributed by atoms with Crippen LogP contribution in [0.15, 0.2) is 47.4 Å². The number of methoxy groups -OCH3 is 1. The van der Waals surface area contributed by atoms with Gasteiger partial charge in [-0.15, -0.1) is 0 Å². The van der Waals surface area contributed by atoms with Crippen molar-refractivity contribution in [2.45, 2.75) is 37.7 Å². The van der Waals surface area contributed by atoms with Gasteiger partial charge in [0.25, 0.3) is 15.7 Å². The lowest BCUT2D eigenvalue weighted by molar-refractivity contribution is -0.384. The maximum absolute atomic E-state index is 13.5. The Morgan fingerprint density at radius 1 is 1.19 bits per heavy atom. The summed E-state index contributed by atoms with van der Waals surface area (Å²) in [6, 6.07) is 9.88. The fraction of sp³-hybridized carbons (Fsp3) is 0.429. The largest absolute Gasteiger partial charge is 0.495 e. The number of hydrogen-bond acceptors (Lipinski definition) is 7. The Labute approximate surface area is 182 Å². The molecule has 0 aliphatic rings. The van der Waals surface area contributed by atoms with Gasteiger partial charge in [0, 0.05) is 18.7 Å². The quantitative estimate of drug-likeness (QED) is 0.298. The molecule has 170 valence electrons. The number of aryl methyl sites for hydroxylation is 1. The Hall–Kier alpha value is -2.69. The van der Waals surface area contributed by atoms with E-state index in [1.54, 1.807) is 12.1 Å². The van der Waals surface area contributed by atoms with Gasteiger partial charge >= 0.3 is 0 Å². The van der Waals surface area contributed by atoms with Crippen molar-refractivity contribution < 1.29 is 27.9 Å². The van der Waals surface area contributed by atoms with Crippen molar-refractivity contribution in [3.05, 3.63) is 58.1 Å². The van der Waals surface area contributed by atoms with E-state index in [0.29, 0.717) is 6.61 Å². The molecule has 0 amide bonds. The van der Waals surface area contributed by atoms with Crippen molar-refractivity contribution in [3.63, 3.8) is 0 Å². The molecule has 2 aromatic rings. The van der Waals surface area contributed by atoms with Gasteiger partial charge in [-0.05, 0) is 31.5 Å². The second-order valence-corrected chi connectivity index (χ2v) is 8.91. The van der Waals surface area contributed by atoms with Crippen LogP contribution >= 0.6 is 0 Å². The van der Waals surface area contributed by atoms with Crippen LogP contribution in [0.5, 0.6) is 5.75 Å². The van der Waals surface area contributed by atoms with Gasteiger partial charge in [-0.1, -0.05) is 31.0 Å². The number of unbranched alkanes of at least 4 members (excludes halogenated alkanes) is 1. The number of rotatable bonds is 12. The standard InChI is InChI=1S/C21H28N2O7S/c1-4-5-12-30-15-18(24)14-22(31(27,28)19-9-6-16(2)7-10-19)20-13-17(23(25)26)8-11-21(20)29-3/h6-11,13,18,24H,4-5,12,14-15H2,1-3H3/t18-/m0/s1. The van der Waals surface area contributed by atoms with Crippen molar-refractivity contribution in [3.8, 4) is 5.75 Å². The van der Waals surface area contributed by atoms with E-state index >= 15 is 0 Å². The van der Waals surface area contributed by atoms with E-state index in [2.05, 4.69) is 0 Å². The van der Waals surface area contributed by atoms with E-state index in [0.717, 1.165) is 28.8 Å². The number of anilines is 1. The van der Waals surface area contributed by atoms with Gasteiger partial charge < -0.3 is 14.6 Å². The van der Waals surface area contributed by atoms with E-state index in [-0.39, 0.29) is 35.2 Å². The van der Waals surface area contributed by atoms with Crippen LogP contribution in [0.1, 0.15) is 25.3 Å². The van der Waals surface area contributed by atoms with Crippen LogP contribution in [0.2, 0.25) is 0 Å². The monoisotopic (exact) mass is 452 g/mol. The van der Waals surface area contributed by atoms with Gasteiger partial charge in [0.1, 0.15) is 11.4 Å². The molecule has 2 rings (SSSR count). The molecule has 0 saturated heterocycles. The van der Waals surface area contributed by atoms with Crippen molar-refractivity contribution >= 4 is 21.4 Å². The zero-order valence-electron chi connectivity index (χ0n) is 17.9. The van der Waals surface area contributed by atoms with Crippen LogP contribution in [0.3, 0.4) is 0 Å². The second kappa shape index (κ2) is 11.1. The average Bonchev–Trinajstić information content (AvgIpc) is 2.74. The highest BCUT2D eigenvalue weighted by Gasteiger charge is 2.30. The van der Waals surface area contributed by atoms with Gasteiger partial charge in [-0.2, -0.15) is 0 Å². The Bertz CT molecular complexity index is 978. The summed E-state index contributed by atoms with van der Waals surface area (Å²) < 4.78 is 38.5. The third-order valence-electron chi connectivity index (χ3n) is 4.58. The third kappa shape index (κ3) is 6.39. The fourth-order valence-corrected chi connectivity index (χ4v) is 4.36. The van der Waals surface area contributed by atoms with Crippen molar-refractivity contribution in [2.75, 3.05) is 31.2 Å². The summed E-state index contributed by atoms with van der Waals surface area (Å²) in [6.45, 7) is 3.84. The summed E-state index contributed by atoms with van der Waals surface area (Å²) in [7, 11) is -2.82. The SMILES string of the molecule is CCCCOC[C@@H](O)CN(c1cc([N+](=O)[O-])ccc1OC)S(=O)(=O)c1ccc(C)cc1. The van der Waals surface area contributed by atoms with Crippen LogP contribution in [0, 0.1) is 17.0 Å². The van der Waals surface area contributed by atoms with Gasteiger partial charge in [-0.3, -0.25) is 14.4 Å². The molecule has 0 spiro atoms. The molecule has 31 heavy (non-hydrogen) atoms. The molecule has 0 aliphatic heterocycles. The third-order valence-corrected chi connectivity index (χ3v) is 6.37. The van der Waals surface area contributed by atoms with Crippen LogP contribution < -0.4 is 9.04 Å². The number of hydrogen-bond donors (Lipinski definition) is 1. The van der Waals surface area contributed by atoms with E-state index in [9.17, 15) is 23.6 Å². The highest BCUT2D eigenvalue weighted by Crippen LogP contribution is 2.35. The lowest BCUT2D eigenvalue weighted by atomic mass is 10.2. The van der Waals surface area contributed by atoms with E-state index in [1.807, 2.05) is 13.8 Å². The van der Waals surface area contributed by atoms with Gasteiger partial charge in [0.15, 0.2) is 0 Å². The number of nitro benzene ring substituents is 1. The molecule has 1 N–H and O–H groups in total. The Morgan fingerprint density at radius 3 is 2.45 bits per heavy atom. The predicted molar refractivity (Wildman–Crippen MR) is 117 cm³/mol. The van der Waals surface area contributed by atoms with Crippen LogP contribution in [-0.2, 0) is 14.8 Å². The molecule has 1 atom stereocenters. The first-order valence-corrected chi connectivity index (χ1v) is 11.3. The van der Waals surface area contributed by atoms with Gasteiger partial charge in [0.05, 0.1) is 36.2 Å². The smallest absolute Gasteiger partial charge is 0.271 e. The molecule has 0 bridgehead atoms. The summed E-state index contributed by atoms with van der Waals surface area (Å²) in [4.78, 5) is 10.7. The normalized spacial score (nSPS) is 12.4. The van der Waals surface area contributed by atoms with Gasteiger partial charge in [-0.25, -0.2) is 8.42 Å². The van der Waals surface area contributed by atoms with E-state index in [1.165, 1.54) is 31.4 Å². The molecule has 0 fully saturated rings. The molecule has 0 unspecified atom stereocenters. The minimum absolute atomic E-state index is 0.00856. The molecule has 0 saturated carbocycles. The zero-order valence-corrected chi connectivity index (χ0v) is 18.7. The molecule has 0 heterocycles. The second-order valence-electron chi connectivity index (χ2n) is 7.04. The van der Waals surface area contributed by atoms with Gasteiger partial charge in [0.2, 0.25) is 0 Å². The van der Waals surface area contributed by atoms with Crippen molar-refractivity contribution in [2.24, 2.45) is 0 Å². The topological polar surface area (TPSA) is 119 Å². The molecular formula is C21H28N2O7S. The number of sulfonamides is 1. The summed E-state index contributed by atoms with van der Waals surface area (Å²) in [5, 5.41) is 21.8. The number of benzene rings is 2. The Kier molecular flexibility index (Phi) is 8.78. The number of aliphatic hydroxyl groups is 1. The fourth-order valence-electron chi connectivity index (χ4n) is 2.86. The molecule has 2 aromatic carbocycles. The van der Waals surface area contributed by atoms with Crippen LogP contribution in [-0.4, -0.2) is 51.4 Å². The van der Waals surface area contributed by atoms with Crippen molar-refractivity contribution in [1.82, 2.24) is 0 Å². The lowest BCUT2D eigenvalue weighted by Gasteiger charge is -2.28.